The number of rotatable bonds is 4. The molecule has 1 saturated carbocycles. The van der Waals surface area contributed by atoms with Gasteiger partial charge in [-0.15, -0.1) is 11.3 Å². The smallest absolute Gasteiger partial charge is 0.233 e. The van der Waals surface area contributed by atoms with Crippen LogP contribution >= 0.6 is 23.6 Å². The van der Waals surface area contributed by atoms with Crippen LogP contribution in [0.25, 0.3) is 0 Å². The molecule has 1 aromatic heterocycles. The van der Waals surface area contributed by atoms with Gasteiger partial charge in [-0.2, -0.15) is 0 Å². The highest BCUT2D eigenvalue weighted by Crippen LogP contribution is 2.46. The third-order valence-electron chi connectivity index (χ3n) is 3.98. The van der Waals surface area contributed by atoms with E-state index in [2.05, 4.69) is 17.2 Å². The summed E-state index contributed by atoms with van der Waals surface area (Å²) in [5.41, 5.74) is 6.14. The van der Waals surface area contributed by atoms with Gasteiger partial charge in [0.25, 0.3) is 0 Å². The van der Waals surface area contributed by atoms with Gasteiger partial charge < -0.3 is 11.1 Å². The summed E-state index contributed by atoms with van der Waals surface area (Å²) >= 11 is 6.74. The van der Waals surface area contributed by atoms with Crippen LogP contribution in [-0.2, 0) is 4.79 Å². The average molecular weight is 311 g/mol. The van der Waals surface area contributed by atoms with Gasteiger partial charge in [0.1, 0.15) is 0 Å². The molecule has 1 heterocycles. The van der Waals surface area contributed by atoms with Crippen LogP contribution in [0.15, 0.2) is 0 Å². The van der Waals surface area contributed by atoms with E-state index in [1.54, 1.807) is 11.3 Å². The summed E-state index contributed by atoms with van der Waals surface area (Å²) in [5.74, 6) is 0.464. The summed E-state index contributed by atoms with van der Waals surface area (Å²) in [7, 11) is 0. The van der Waals surface area contributed by atoms with E-state index in [9.17, 15) is 4.79 Å². The van der Waals surface area contributed by atoms with Gasteiger partial charge in [-0.3, -0.25) is 4.79 Å². The van der Waals surface area contributed by atoms with E-state index in [4.69, 9.17) is 18.0 Å². The highest BCUT2D eigenvalue weighted by molar-refractivity contribution is 7.80. The van der Waals surface area contributed by atoms with E-state index in [1.165, 1.54) is 0 Å². The number of thiazole rings is 1. The first-order valence-electron chi connectivity index (χ1n) is 6.81. The number of nitrogens with one attached hydrogen (secondary N) is 1. The third-order valence-corrected chi connectivity index (χ3v) is 5.63. The zero-order chi connectivity index (χ0) is 15.1. The first-order chi connectivity index (χ1) is 9.26. The van der Waals surface area contributed by atoms with E-state index in [0.717, 1.165) is 28.4 Å². The fourth-order valence-electron chi connectivity index (χ4n) is 2.98. The van der Waals surface area contributed by atoms with E-state index >= 15 is 0 Å². The topological polar surface area (TPSA) is 68.0 Å². The molecular formula is C14H21N3OS2. The predicted octanol–water partition coefficient (Wildman–Crippen LogP) is 2.64. The molecule has 0 aromatic carbocycles. The highest BCUT2D eigenvalue weighted by atomic mass is 32.1. The third kappa shape index (κ3) is 2.59. The molecule has 0 radical (unpaired) electrons. The van der Waals surface area contributed by atoms with Crippen LogP contribution in [0.1, 0.15) is 48.3 Å². The Balaban J connectivity index is 2.11. The number of aromatic nitrogens is 1. The second-order valence-corrected chi connectivity index (χ2v) is 7.51. The molecule has 0 saturated heterocycles. The minimum Gasteiger partial charge on any atom is -0.392 e. The molecule has 0 aliphatic heterocycles. The summed E-state index contributed by atoms with van der Waals surface area (Å²) < 4.78 is 0. The van der Waals surface area contributed by atoms with Crippen molar-refractivity contribution >= 4 is 34.5 Å². The zero-order valence-corrected chi connectivity index (χ0v) is 14.0. The normalized spacial score (nSPS) is 26.7. The number of hydrogen-bond acceptors (Lipinski definition) is 4. The van der Waals surface area contributed by atoms with Crippen LogP contribution < -0.4 is 11.1 Å². The van der Waals surface area contributed by atoms with E-state index in [1.807, 2.05) is 20.8 Å². The van der Waals surface area contributed by atoms with Crippen molar-refractivity contribution in [2.24, 2.45) is 17.1 Å². The summed E-state index contributed by atoms with van der Waals surface area (Å²) in [5, 5.41) is 4.07. The Morgan fingerprint density at radius 1 is 1.55 bits per heavy atom. The Labute approximate surface area is 129 Å². The van der Waals surface area contributed by atoms with Crippen molar-refractivity contribution in [1.29, 1.82) is 0 Å². The van der Waals surface area contributed by atoms with Gasteiger partial charge in [-0.25, -0.2) is 4.98 Å². The number of hydrogen-bond donors (Lipinski definition) is 2. The largest absolute Gasteiger partial charge is 0.392 e. The summed E-state index contributed by atoms with van der Waals surface area (Å²) in [4.78, 5) is 18.4. The molecule has 2 rings (SSSR count). The van der Waals surface area contributed by atoms with Crippen molar-refractivity contribution < 1.29 is 4.79 Å². The molecule has 1 unspecified atom stereocenters. The zero-order valence-electron chi connectivity index (χ0n) is 12.3. The number of aryl methyl sites for hydroxylation is 2. The van der Waals surface area contributed by atoms with Crippen molar-refractivity contribution in [2.45, 2.75) is 46.6 Å². The fraction of sp³-hybridized carbons (Fsp3) is 0.643. The van der Waals surface area contributed by atoms with Crippen LogP contribution in [-0.4, -0.2) is 15.9 Å². The quantitative estimate of drug-likeness (QED) is 0.839. The summed E-state index contributed by atoms with van der Waals surface area (Å²) in [6.45, 7) is 8.03. The minimum absolute atomic E-state index is 0.0407. The lowest BCUT2D eigenvalue weighted by Gasteiger charge is -2.44. The number of carbonyl (C=O) groups is 1. The van der Waals surface area contributed by atoms with Crippen LogP contribution in [0.5, 0.6) is 0 Å². The Morgan fingerprint density at radius 3 is 2.55 bits per heavy atom. The monoisotopic (exact) mass is 311 g/mol. The van der Waals surface area contributed by atoms with Gasteiger partial charge >= 0.3 is 0 Å². The molecule has 0 bridgehead atoms. The Hall–Kier alpha value is -1.01. The predicted molar refractivity (Wildman–Crippen MR) is 85.8 cm³/mol. The SMILES string of the molecule is Cc1nc(C)c(C(C)NC(=O)C2(C(N)=S)CC(C)C2)s1. The number of thiocarbonyl (C=S) groups is 1. The van der Waals surface area contributed by atoms with E-state index < -0.39 is 5.41 Å². The van der Waals surface area contributed by atoms with Crippen molar-refractivity contribution in [3.8, 4) is 0 Å². The minimum atomic E-state index is -0.642. The average Bonchev–Trinajstić information content (AvgIpc) is 2.63. The molecule has 1 fully saturated rings. The molecule has 110 valence electrons. The molecule has 1 aliphatic rings. The molecule has 1 aliphatic carbocycles. The molecule has 1 amide bonds. The van der Waals surface area contributed by atoms with Crippen molar-refractivity contribution in [2.75, 3.05) is 0 Å². The molecular weight excluding hydrogens is 290 g/mol. The Morgan fingerprint density at radius 2 is 2.15 bits per heavy atom. The molecule has 4 nitrogen and oxygen atoms in total. The van der Waals surface area contributed by atoms with Gasteiger partial charge in [-0.05, 0) is 39.5 Å². The fourth-order valence-corrected chi connectivity index (χ4v) is 4.17. The highest BCUT2D eigenvalue weighted by Gasteiger charge is 2.51. The van der Waals surface area contributed by atoms with Gasteiger partial charge in [0.15, 0.2) is 0 Å². The number of amides is 1. The van der Waals surface area contributed by atoms with Crippen molar-refractivity contribution in [3.63, 3.8) is 0 Å². The Bertz CT molecular complexity index is 547. The maximum absolute atomic E-state index is 12.5. The van der Waals surface area contributed by atoms with Gasteiger partial charge in [0.05, 0.1) is 27.1 Å². The summed E-state index contributed by atoms with van der Waals surface area (Å²) in [6.07, 6.45) is 1.50. The lowest BCUT2D eigenvalue weighted by molar-refractivity contribution is -0.133. The maximum Gasteiger partial charge on any atom is 0.233 e. The second-order valence-electron chi connectivity index (χ2n) is 5.84. The first-order valence-corrected chi connectivity index (χ1v) is 8.03. The molecule has 1 atom stereocenters. The van der Waals surface area contributed by atoms with Crippen LogP contribution in [0.2, 0.25) is 0 Å². The van der Waals surface area contributed by atoms with E-state index in [-0.39, 0.29) is 11.9 Å². The Kier molecular flexibility index (Phi) is 4.16. The van der Waals surface area contributed by atoms with Crippen LogP contribution in [0.3, 0.4) is 0 Å². The molecule has 1 aromatic rings. The number of nitrogens with two attached hydrogens (primary N) is 1. The standard InChI is InChI=1S/C14H21N3OS2/c1-7-5-14(6-7,12(15)19)13(18)17-9(3)11-8(2)16-10(4)20-11/h7,9H,5-6H2,1-4H3,(H2,15,19)(H,17,18). The van der Waals surface area contributed by atoms with Crippen LogP contribution in [0.4, 0.5) is 0 Å². The van der Waals surface area contributed by atoms with Gasteiger partial charge in [-0.1, -0.05) is 19.1 Å². The number of carbonyl (C=O) groups excluding carboxylic acids is 1. The first kappa shape index (κ1) is 15.4. The molecule has 3 N–H and O–H groups in total. The second kappa shape index (κ2) is 5.41. The van der Waals surface area contributed by atoms with Crippen LogP contribution in [0, 0.1) is 25.2 Å². The van der Waals surface area contributed by atoms with E-state index in [0.29, 0.717) is 10.9 Å². The van der Waals surface area contributed by atoms with Gasteiger partial charge in [0.2, 0.25) is 5.91 Å². The van der Waals surface area contributed by atoms with Crippen molar-refractivity contribution in [1.82, 2.24) is 10.3 Å². The van der Waals surface area contributed by atoms with Gasteiger partial charge in [0, 0.05) is 4.88 Å². The lowest BCUT2D eigenvalue weighted by atomic mass is 9.62. The molecule has 20 heavy (non-hydrogen) atoms. The summed E-state index contributed by atoms with van der Waals surface area (Å²) in [6, 6.07) is -0.0594. The maximum atomic E-state index is 12.5. The molecule has 0 spiro atoms. The number of nitrogens with zero attached hydrogens (tertiary/aromatic N) is 1. The molecule has 6 heteroatoms. The van der Waals surface area contributed by atoms with Crippen molar-refractivity contribution in [3.05, 3.63) is 15.6 Å². The lowest BCUT2D eigenvalue weighted by Crippen LogP contribution is -2.56.